The van der Waals surface area contributed by atoms with E-state index in [1.54, 1.807) is 18.2 Å². The molecule has 2 aromatic rings. The standard InChI is InChI=1S/C17H17NO3/c1-11-6-4-7-12(2)15(11)18-16(19)13-8-5-9-14(10-13)17(20)21-3/h4-10H,1-3H3,(H,18,19). The van der Waals surface area contributed by atoms with Crippen LogP contribution in [0.1, 0.15) is 31.8 Å². The van der Waals surface area contributed by atoms with E-state index < -0.39 is 5.97 Å². The molecule has 4 heteroatoms. The molecule has 0 heterocycles. The Bertz CT molecular complexity index is 672. The van der Waals surface area contributed by atoms with Gasteiger partial charge in [-0.15, -0.1) is 0 Å². The lowest BCUT2D eigenvalue weighted by molar-refractivity contribution is 0.0600. The molecule has 0 bridgehead atoms. The molecule has 0 saturated carbocycles. The number of methoxy groups -OCH3 is 1. The number of benzene rings is 2. The highest BCUT2D eigenvalue weighted by Crippen LogP contribution is 2.20. The third-order valence-electron chi connectivity index (χ3n) is 3.27. The summed E-state index contributed by atoms with van der Waals surface area (Å²) in [4.78, 5) is 23.8. The van der Waals surface area contributed by atoms with Crippen molar-refractivity contribution in [2.45, 2.75) is 13.8 Å². The number of aryl methyl sites for hydroxylation is 2. The minimum absolute atomic E-state index is 0.252. The highest BCUT2D eigenvalue weighted by atomic mass is 16.5. The van der Waals surface area contributed by atoms with Gasteiger partial charge in [0.05, 0.1) is 12.7 Å². The van der Waals surface area contributed by atoms with Gasteiger partial charge >= 0.3 is 5.97 Å². The number of ether oxygens (including phenoxy) is 1. The lowest BCUT2D eigenvalue weighted by atomic mass is 10.1. The fourth-order valence-corrected chi connectivity index (χ4v) is 2.10. The van der Waals surface area contributed by atoms with Crippen molar-refractivity contribution in [2.75, 3.05) is 12.4 Å². The SMILES string of the molecule is COC(=O)c1cccc(C(=O)Nc2c(C)cccc2C)c1. The van der Waals surface area contributed by atoms with Gasteiger partial charge in [0.1, 0.15) is 0 Å². The number of nitrogens with one attached hydrogen (secondary N) is 1. The Morgan fingerprint density at radius 1 is 0.952 bits per heavy atom. The summed E-state index contributed by atoms with van der Waals surface area (Å²) in [7, 11) is 1.31. The Labute approximate surface area is 123 Å². The minimum Gasteiger partial charge on any atom is -0.465 e. The van der Waals surface area contributed by atoms with E-state index >= 15 is 0 Å². The van der Waals surface area contributed by atoms with Crippen LogP contribution in [0.5, 0.6) is 0 Å². The monoisotopic (exact) mass is 283 g/mol. The number of hydrogen-bond acceptors (Lipinski definition) is 3. The van der Waals surface area contributed by atoms with Gasteiger partial charge in [-0.05, 0) is 43.2 Å². The van der Waals surface area contributed by atoms with Gasteiger partial charge in [-0.3, -0.25) is 4.79 Å². The second kappa shape index (κ2) is 6.22. The molecule has 0 aliphatic heterocycles. The minimum atomic E-state index is -0.461. The highest BCUT2D eigenvalue weighted by Gasteiger charge is 2.12. The summed E-state index contributed by atoms with van der Waals surface area (Å²) in [6, 6.07) is 12.3. The van der Waals surface area contributed by atoms with Crippen molar-refractivity contribution < 1.29 is 14.3 Å². The van der Waals surface area contributed by atoms with E-state index in [9.17, 15) is 9.59 Å². The Morgan fingerprint density at radius 2 is 1.52 bits per heavy atom. The number of amides is 1. The number of anilines is 1. The molecule has 4 nitrogen and oxygen atoms in total. The normalized spacial score (nSPS) is 10.0. The molecule has 0 spiro atoms. The number of hydrogen-bond donors (Lipinski definition) is 1. The van der Waals surface area contributed by atoms with Crippen molar-refractivity contribution in [1.29, 1.82) is 0 Å². The van der Waals surface area contributed by atoms with Crippen molar-refractivity contribution in [3.8, 4) is 0 Å². The quantitative estimate of drug-likeness (QED) is 0.879. The van der Waals surface area contributed by atoms with E-state index in [-0.39, 0.29) is 5.91 Å². The molecule has 0 fully saturated rings. The third-order valence-corrected chi connectivity index (χ3v) is 3.27. The van der Waals surface area contributed by atoms with Gasteiger partial charge in [0, 0.05) is 11.3 Å². The van der Waals surface area contributed by atoms with Crippen LogP contribution in [0.2, 0.25) is 0 Å². The van der Waals surface area contributed by atoms with E-state index in [4.69, 9.17) is 0 Å². The van der Waals surface area contributed by atoms with E-state index in [0.717, 1.165) is 16.8 Å². The molecular weight excluding hydrogens is 266 g/mol. The molecule has 1 amide bonds. The number of carbonyl (C=O) groups excluding carboxylic acids is 2. The van der Waals surface area contributed by atoms with Crippen LogP contribution in [0, 0.1) is 13.8 Å². The first-order valence-corrected chi connectivity index (χ1v) is 6.59. The zero-order valence-corrected chi connectivity index (χ0v) is 12.3. The molecular formula is C17H17NO3. The molecule has 0 atom stereocenters. The van der Waals surface area contributed by atoms with Crippen molar-refractivity contribution in [2.24, 2.45) is 0 Å². The largest absolute Gasteiger partial charge is 0.465 e. The second-order valence-corrected chi connectivity index (χ2v) is 4.79. The maximum absolute atomic E-state index is 12.3. The molecule has 0 aliphatic rings. The highest BCUT2D eigenvalue weighted by molar-refractivity contribution is 6.06. The summed E-state index contributed by atoms with van der Waals surface area (Å²) < 4.78 is 4.66. The zero-order chi connectivity index (χ0) is 15.4. The summed E-state index contributed by atoms with van der Waals surface area (Å²) >= 11 is 0. The third kappa shape index (κ3) is 3.28. The molecule has 21 heavy (non-hydrogen) atoms. The maximum atomic E-state index is 12.3. The van der Waals surface area contributed by atoms with Crippen LogP contribution in [-0.4, -0.2) is 19.0 Å². The Hall–Kier alpha value is -2.62. The predicted molar refractivity (Wildman–Crippen MR) is 81.7 cm³/mol. The van der Waals surface area contributed by atoms with Crippen molar-refractivity contribution in [3.63, 3.8) is 0 Å². The van der Waals surface area contributed by atoms with Crippen molar-refractivity contribution in [1.82, 2.24) is 0 Å². The molecule has 108 valence electrons. The summed E-state index contributed by atoms with van der Waals surface area (Å²) in [6.45, 7) is 3.88. The van der Waals surface area contributed by atoms with E-state index in [1.165, 1.54) is 13.2 Å². The van der Waals surface area contributed by atoms with Crippen LogP contribution in [-0.2, 0) is 4.74 Å². The van der Waals surface area contributed by atoms with Crippen LogP contribution in [0.25, 0.3) is 0 Å². The second-order valence-electron chi connectivity index (χ2n) is 4.79. The van der Waals surface area contributed by atoms with Crippen molar-refractivity contribution in [3.05, 3.63) is 64.7 Å². The first kappa shape index (κ1) is 14.8. The van der Waals surface area contributed by atoms with Gasteiger partial charge in [-0.1, -0.05) is 24.3 Å². The average molecular weight is 283 g/mol. The van der Waals surface area contributed by atoms with Gasteiger partial charge in [0.2, 0.25) is 0 Å². The Morgan fingerprint density at radius 3 is 2.14 bits per heavy atom. The maximum Gasteiger partial charge on any atom is 0.337 e. The van der Waals surface area contributed by atoms with Crippen LogP contribution >= 0.6 is 0 Å². The first-order chi connectivity index (χ1) is 10.0. The van der Waals surface area contributed by atoms with Crippen LogP contribution < -0.4 is 5.32 Å². The van der Waals surface area contributed by atoms with E-state index in [0.29, 0.717) is 11.1 Å². The summed E-state index contributed by atoms with van der Waals surface area (Å²) in [5, 5.41) is 2.89. The number of para-hydroxylation sites is 1. The van der Waals surface area contributed by atoms with Crippen LogP contribution in [0.4, 0.5) is 5.69 Å². The summed E-state index contributed by atoms with van der Waals surface area (Å²) in [6.07, 6.45) is 0. The molecule has 0 unspecified atom stereocenters. The zero-order valence-electron chi connectivity index (χ0n) is 12.3. The molecule has 0 aliphatic carbocycles. The number of rotatable bonds is 3. The molecule has 0 saturated heterocycles. The first-order valence-electron chi connectivity index (χ1n) is 6.59. The lowest BCUT2D eigenvalue weighted by Crippen LogP contribution is -2.14. The average Bonchev–Trinajstić information content (AvgIpc) is 2.50. The van der Waals surface area contributed by atoms with E-state index in [2.05, 4.69) is 10.1 Å². The molecule has 1 N–H and O–H groups in total. The smallest absolute Gasteiger partial charge is 0.337 e. The van der Waals surface area contributed by atoms with Crippen molar-refractivity contribution >= 4 is 17.6 Å². The fourth-order valence-electron chi connectivity index (χ4n) is 2.10. The number of esters is 1. The van der Waals surface area contributed by atoms with E-state index in [1.807, 2.05) is 32.0 Å². The topological polar surface area (TPSA) is 55.4 Å². The number of carbonyl (C=O) groups is 2. The molecule has 2 aromatic carbocycles. The Balaban J connectivity index is 2.27. The molecule has 2 rings (SSSR count). The molecule has 0 aromatic heterocycles. The van der Waals surface area contributed by atoms with Gasteiger partial charge in [-0.25, -0.2) is 4.79 Å². The lowest BCUT2D eigenvalue weighted by Gasteiger charge is -2.11. The summed E-state index contributed by atoms with van der Waals surface area (Å²) in [5.41, 5.74) is 3.55. The summed E-state index contributed by atoms with van der Waals surface area (Å²) in [5.74, 6) is -0.713. The fraction of sp³-hybridized carbons (Fsp3) is 0.176. The Kier molecular flexibility index (Phi) is 4.38. The van der Waals surface area contributed by atoms with Gasteiger partial charge in [0.25, 0.3) is 5.91 Å². The van der Waals surface area contributed by atoms with Crippen LogP contribution in [0.3, 0.4) is 0 Å². The van der Waals surface area contributed by atoms with Crippen LogP contribution in [0.15, 0.2) is 42.5 Å². The van der Waals surface area contributed by atoms with Gasteiger partial charge in [-0.2, -0.15) is 0 Å². The predicted octanol–water partition coefficient (Wildman–Crippen LogP) is 3.34. The molecule has 0 radical (unpaired) electrons. The van der Waals surface area contributed by atoms with Gasteiger partial charge < -0.3 is 10.1 Å². The van der Waals surface area contributed by atoms with Gasteiger partial charge in [0.15, 0.2) is 0 Å².